The van der Waals surface area contributed by atoms with E-state index < -0.39 is 97.5 Å². The minimum absolute atomic E-state index is 0.0794. The molecule has 536 valence electrons. The fraction of sp³-hybridized carbons (Fsp3) is 0.808. The minimum atomic E-state index is -4.97. The van der Waals surface area contributed by atoms with Crippen molar-refractivity contribution in [3.63, 3.8) is 0 Å². The summed E-state index contributed by atoms with van der Waals surface area (Å²) in [4.78, 5) is 72.6. The smallest absolute Gasteiger partial charge is 0.462 e. The molecule has 17 nitrogen and oxygen atoms in total. The predicted molar refractivity (Wildman–Crippen MR) is 372 cm³/mol. The Morgan fingerprint density at radius 1 is 0.315 bits per heavy atom. The van der Waals surface area contributed by atoms with E-state index in [1.807, 2.05) is 0 Å². The Kier molecular flexibility index (Phi) is 64.0. The van der Waals surface area contributed by atoms with Gasteiger partial charge in [0.25, 0.3) is 0 Å². The molecule has 19 heteroatoms. The number of unbranched alkanes of at least 4 members (excludes halogenated alkanes) is 33. The van der Waals surface area contributed by atoms with Crippen LogP contribution in [0.5, 0.6) is 0 Å². The van der Waals surface area contributed by atoms with Crippen LogP contribution >= 0.6 is 15.6 Å². The van der Waals surface area contributed by atoms with Crippen LogP contribution in [0.15, 0.2) is 60.8 Å². The second-order valence-corrected chi connectivity index (χ2v) is 27.4. The van der Waals surface area contributed by atoms with Crippen molar-refractivity contribution in [2.24, 2.45) is 0 Å². The van der Waals surface area contributed by atoms with Crippen LogP contribution in [0.4, 0.5) is 0 Å². The van der Waals surface area contributed by atoms with Gasteiger partial charge in [0.1, 0.15) is 19.3 Å². The van der Waals surface area contributed by atoms with Gasteiger partial charge in [-0.3, -0.25) is 37.3 Å². The average Bonchev–Trinajstić information content (AvgIpc) is 2.93. The molecule has 0 heterocycles. The lowest BCUT2D eigenvalue weighted by atomic mass is 10.1. The van der Waals surface area contributed by atoms with Crippen LogP contribution in [0.3, 0.4) is 0 Å². The zero-order valence-electron chi connectivity index (χ0n) is 58.2. The van der Waals surface area contributed by atoms with Crippen LogP contribution in [0.25, 0.3) is 0 Å². The van der Waals surface area contributed by atoms with Gasteiger partial charge in [0.2, 0.25) is 0 Å². The average molecular weight is 1340 g/mol. The maximum absolute atomic E-state index is 13.0. The highest BCUT2D eigenvalue weighted by atomic mass is 31.2. The first-order chi connectivity index (χ1) is 44.7. The first-order valence-corrected chi connectivity index (χ1v) is 39.5. The minimum Gasteiger partial charge on any atom is -0.462 e. The third-order valence-electron chi connectivity index (χ3n) is 15.5. The van der Waals surface area contributed by atoms with Crippen LogP contribution in [-0.2, 0) is 65.4 Å². The summed E-state index contributed by atoms with van der Waals surface area (Å²) >= 11 is 0. The first kappa shape index (κ1) is 88.8. The number of carbonyl (C=O) groups is 4. The molecule has 5 unspecified atom stereocenters. The lowest BCUT2D eigenvalue weighted by molar-refractivity contribution is -0.161. The Hall–Kier alpha value is -3.24. The Morgan fingerprint density at radius 2 is 0.565 bits per heavy atom. The van der Waals surface area contributed by atoms with Gasteiger partial charge >= 0.3 is 39.5 Å². The Balaban J connectivity index is 5.33. The summed E-state index contributed by atoms with van der Waals surface area (Å²) in [6.45, 7) is 4.71. The van der Waals surface area contributed by atoms with Gasteiger partial charge in [0, 0.05) is 25.7 Å². The molecule has 0 rings (SSSR count). The number of allylic oxidation sites excluding steroid dienone is 10. The number of ether oxygens (including phenoxy) is 4. The maximum atomic E-state index is 13.0. The molecule has 0 aromatic heterocycles. The number of rotatable bonds is 69. The van der Waals surface area contributed by atoms with Crippen LogP contribution in [0.2, 0.25) is 0 Å². The van der Waals surface area contributed by atoms with Crippen molar-refractivity contribution in [2.45, 2.75) is 341 Å². The van der Waals surface area contributed by atoms with E-state index in [2.05, 4.69) is 88.5 Å². The summed E-state index contributed by atoms with van der Waals surface area (Å²) in [6.07, 6.45) is 62.3. The second kappa shape index (κ2) is 66.4. The van der Waals surface area contributed by atoms with Gasteiger partial charge < -0.3 is 33.8 Å². The maximum Gasteiger partial charge on any atom is 0.472 e. The highest BCUT2D eigenvalue weighted by molar-refractivity contribution is 7.47. The van der Waals surface area contributed by atoms with Gasteiger partial charge in [0.05, 0.1) is 26.4 Å². The van der Waals surface area contributed by atoms with Crippen molar-refractivity contribution in [3.05, 3.63) is 60.8 Å². The standard InChI is InChI=1S/C73H132O17P2/c1-5-9-13-17-21-25-29-31-33-35-39-42-46-50-54-58-71(76)84-64-69(90-73(78)60-56-52-48-44-40-36-34-32-30-26-22-18-14-10-6-2)66-88-92(81,82)86-62-67(74)61-85-91(79,80)87-65-68(89-72(77)59-55-51-47-43-38-28-24-20-16-12-8-4)63-83-70(75)57-53-49-45-41-37-27-23-19-15-11-7-3/h9,13,21,25,31-34,39,42,67-69,74H,5-8,10-12,14-20,22-24,26-30,35-38,40-41,43-66H2,1-4H3,(H,79,80)(H,81,82)/b13-9-,25-21-,33-31-,34-32-,42-39-. The summed E-state index contributed by atoms with van der Waals surface area (Å²) in [6, 6.07) is 0. The first-order valence-electron chi connectivity index (χ1n) is 36.5. The Morgan fingerprint density at radius 3 is 0.902 bits per heavy atom. The third kappa shape index (κ3) is 65.4. The molecular formula is C73H132O17P2. The van der Waals surface area contributed by atoms with Crippen LogP contribution in [0.1, 0.15) is 323 Å². The van der Waals surface area contributed by atoms with Crippen molar-refractivity contribution in [1.29, 1.82) is 0 Å². The quantitative estimate of drug-likeness (QED) is 0.0169. The van der Waals surface area contributed by atoms with Crippen LogP contribution in [0, 0.1) is 0 Å². The summed E-state index contributed by atoms with van der Waals surface area (Å²) < 4.78 is 68.2. The molecule has 0 bridgehead atoms. The second-order valence-electron chi connectivity index (χ2n) is 24.5. The lowest BCUT2D eigenvalue weighted by Gasteiger charge is -2.21. The van der Waals surface area contributed by atoms with Crippen LogP contribution in [-0.4, -0.2) is 96.7 Å². The van der Waals surface area contributed by atoms with Crippen molar-refractivity contribution < 1.29 is 80.2 Å². The molecule has 0 spiro atoms. The molecule has 3 N–H and O–H groups in total. The normalized spacial score (nSPS) is 14.4. The number of phosphoric ester groups is 2. The van der Waals surface area contributed by atoms with E-state index in [0.717, 1.165) is 122 Å². The highest BCUT2D eigenvalue weighted by Gasteiger charge is 2.30. The van der Waals surface area contributed by atoms with E-state index >= 15 is 0 Å². The zero-order valence-corrected chi connectivity index (χ0v) is 60.0. The molecule has 0 fully saturated rings. The molecule has 0 aromatic rings. The Labute approximate surface area is 559 Å². The van der Waals surface area contributed by atoms with E-state index in [-0.39, 0.29) is 25.7 Å². The zero-order chi connectivity index (χ0) is 67.5. The molecule has 0 aromatic carbocycles. The topological polar surface area (TPSA) is 237 Å². The van der Waals surface area contributed by atoms with Gasteiger partial charge in [0.15, 0.2) is 12.2 Å². The largest absolute Gasteiger partial charge is 0.472 e. The molecule has 0 aliphatic rings. The molecule has 0 amide bonds. The Bertz CT molecular complexity index is 1990. The molecule has 0 saturated carbocycles. The number of hydrogen-bond donors (Lipinski definition) is 3. The van der Waals surface area contributed by atoms with Crippen molar-refractivity contribution in [3.8, 4) is 0 Å². The van der Waals surface area contributed by atoms with E-state index in [4.69, 9.17) is 37.0 Å². The monoisotopic (exact) mass is 1340 g/mol. The van der Waals surface area contributed by atoms with E-state index in [1.54, 1.807) is 0 Å². The van der Waals surface area contributed by atoms with E-state index in [9.17, 15) is 43.2 Å². The predicted octanol–water partition coefficient (Wildman–Crippen LogP) is 20.3. The summed E-state index contributed by atoms with van der Waals surface area (Å²) in [7, 11) is -9.93. The molecule has 0 aliphatic heterocycles. The molecule has 0 aliphatic carbocycles. The van der Waals surface area contributed by atoms with Gasteiger partial charge in [-0.05, 0) is 89.9 Å². The van der Waals surface area contributed by atoms with Crippen molar-refractivity contribution >= 4 is 39.5 Å². The summed E-state index contributed by atoms with van der Waals surface area (Å²) in [5.74, 6) is -2.21. The molecular weight excluding hydrogens is 1210 g/mol. The number of esters is 4. The van der Waals surface area contributed by atoms with Gasteiger partial charge in [-0.2, -0.15) is 0 Å². The molecule has 0 radical (unpaired) electrons. The van der Waals surface area contributed by atoms with Crippen molar-refractivity contribution in [2.75, 3.05) is 39.6 Å². The highest BCUT2D eigenvalue weighted by Crippen LogP contribution is 2.45. The number of aliphatic hydroxyl groups excluding tert-OH is 1. The van der Waals surface area contributed by atoms with Crippen LogP contribution < -0.4 is 0 Å². The molecule has 0 saturated heterocycles. The summed E-state index contributed by atoms with van der Waals surface area (Å²) in [5, 5.41) is 10.6. The SMILES string of the molecule is CC/C=C\C/C=C\C/C=C\C/C=C\CCCCC(=O)OCC(COP(=O)(O)OCC(O)COP(=O)(O)OCC(COC(=O)CCCCCCCCCCCCC)OC(=O)CCCCCCCCCCCCC)OC(=O)CCCCCCC/C=C\CCCCCCCC. The number of phosphoric acid groups is 2. The van der Waals surface area contributed by atoms with E-state index in [0.29, 0.717) is 25.7 Å². The summed E-state index contributed by atoms with van der Waals surface area (Å²) in [5.41, 5.74) is 0. The fourth-order valence-electron chi connectivity index (χ4n) is 9.91. The van der Waals surface area contributed by atoms with Gasteiger partial charge in [-0.1, -0.05) is 268 Å². The number of hydrogen-bond acceptors (Lipinski definition) is 15. The van der Waals surface area contributed by atoms with Crippen molar-refractivity contribution in [1.82, 2.24) is 0 Å². The van der Waals surface area contributed by atoms with Gasteiger partial charge in [-0.15, -0.1) is 0 Å². The van der Waals surface area contributed by atoms with E-state index in [1.165, 1.54) is 122 Å². The number of carbonyl (C=O) groups excluding carboxylic acids is 4. The lowest BCUT2D eigenvalue weighted by Crippen LogP contribution is -2.30. The number of aliphatic hydroxyl groups is 1. The molecule has 92 heavy (non-hydrogen) atoms. The van der Waals surface area contributed by atoms with Gasteiger partial charge in [-0.25, -0.2) is 9.13 Å². The fourth-order valence-corrected chi connectivity index (χ4v) is 11.5. The molecule has 5 atom stereocenters. The third-order valence-corrected chi connectivity index (χ3v) is 17.4.